The molecule has 1 aromatic carbocycles. The molecule has 1 aliphatic rings. The summed E-state index contributed by atoms with van der Waals surface area (Å²) < 4.78 is 2.21. The summed E-state index contributed by atoms with van der Waals surface area (Å²) in [6.45, 7) is 3.57. The number of benzene rings is 1. The van der Waals surface area contributed by atoms with Gasteiger partial charge in [-0.2, -0.15) is 0 Å². The third kappa shape index (κ3) is 6.28. The Balaban J connectivity index is 1.43. The molecule has 0 radical (unpaired) electrons. The maximum Gasteiger partial charge on any atom is 0.333 e. The second-order valence-corrected chi connectivity index (χ2v) is 9.47. The van der Waals surface area contributed by atoms with Crippen molar-refractivity contribution in [2.24, 2.45) is 0 Å². The number of ketones is 1. The van der Waals surface area contributed by atoms with E-state index in [1.807, 2.05) is 36.5 Å². The number of rotatable bonds is 11. The van der Waals surface area contributed by atoms with E-state index in [-0.39, 0.29) is 17.7 Å². The van der Waals surface area contributed by atoms with Crippen molar-refractivity contribution in [2.75, 3.05) is 11.9 Å². The molecule has 3 aromatic rings. The molecule has 3 heterocycles. The van der Waals surface area contributed by atoms with Crippen LogP contribution in [-0.4, -0.2) is 28.2 Å². The van der Waals surface area contributed by atoms with E-state index in [2.05, 4.69) is 30.5 Å². The first kappa shape index (κ1) is 23.2. The molecule has 0 fully saturated rings. The number of carbonyl (C=O) groups is 2. The van der Waals surface area contributed by atoms with Crippen LogP contribution in [0.4, 0.5) is 5.13 Å². The molecule has 7 nitrogen and oxygen atoms in total. The van der Waals surface area contributed by atoms with Gasteiger partial charge in [0.2, 0.25) is 5.91 Å². The number of carbonyl (C=O) groups excluding carboxylic acids is 2. The van der Waals surface area contributed by atoms with Crippen LogP contribution in [0.25, 0.3) is 11.3 Å². The number of thiazole rings is 1. The molecular weight excluding hydrogens is 434 g/mol. The largest absolute Gasteiger partial charge is 0.346 e. The lowest BCUT2D eigenvalue weighted by molar-refractivity contribution is -0.689. The maximum absolute atomic E-state index is 13.0. The minimum atomic E-state index is -0.190. The van der Waals surface area contributed by atoms with E-state index >= 15 is 0 Å². The highest BCUT2D eigenvalue weighted by Gasteiger charge is 2.24. The zero-order valence-electron chi connectivity index (χ0n) is 19.1. The number of Topliss-reactive ketones (excluding diaryl/α,β-unsaturated/α-hetero) is 1. The van der Waals surface area contributed by atoms with Crippen LogP contribution >= 0.6 is 11.3 Å². The highest BCUT2D eigenvalue weighted by Crippen LogP contribution is 2.23. The van der Waals surface area contributed by atoms with Gasteiger partial charge in [-0.05, 0) is 25.3 Å². The topological polar surface area (TPSA) is 90.8 Å². The predicted octanol–water partition coefficient (Wildman–Crippen LogP) is 4.18. The minimum Gasteiger partial charge on any atom is -0.346 e. The lowest BCUT2D eigenvalue weighted by atomic mass is 10.1. The van der Waals surface area contributed by atoms with Crippen molar-refractivity contribution >= 4 is 28.2 Å². The zero-order valence-corrected chi connectivity index (χ0v) is 19.9. The standard InChI is InChI=1S/C25H31N5O2S/c1-18(31)9-4-2-7-12-21(24-27-16-22(29-24)19-10-5-3-6-11-19)28-23(32)15-20-17-33-25-26-13-8-14-30(20)25/h3,5-6,10-11,16-17,21H,2,4,7-9,12-15H2,1H3,(H2,27,28,29,32)/p+1/t21-/m0/s1. The monoisotopic (exact) mass is 466 g/mol. The van der Waals surface area contributed by atoms with Gasteiger partial charge in [-0.15, -0.1) is 0 Å². The van der Waals surface area contributed by atoms with Gasteiger partial charge in [0.05, 0.1) is 37.4 Å². The van der Waals surface area contributed by atoms with Gasteiger partial charge in [0.25, 0.3) is 0 Å². The average Bonchev–Trinajstić information content (AvgIpc) is 3.46. The van der Waals surface area contributed by atoms with E-state index < -0.39 is 0 Å². The number of hydrogen-bond donors (Lipinski definition) is 3. The molecule has 174 valence electrons. The Morgan fingerprint density at radius 3 is 2.88 bits per heavy atom. The average molecular weight is 467 g/mol. The molecule has 1 aliphatic heterocycles. The molecule has 1 atom stereocenters. The summed E-state index contributed by atoms with van der Waals surface area (Å²) in [6.07, 6.45) is 7.41. The van der Waals surface area contributed by atoms with Gasteiger partial charge in [-0.1, -0.05) is 54.5 Å². The van der Waals surface area contributed by atoms with Crippen LogP contribution in [0.2, 0.25) is 0 Å². The summed E-state index contributed by atoms with van der Waals surface area (Å²) in [7, 11) is 0. The van der Waals surface area contributed by atoms with Crippen molar-refractivity contribution in [1.29, 1.82) is 0 Å². The summed E-state index contributed by atoms with van der Waals surface area (Å²) in [4.78, 5) is 32.2. The molecule has 0 unspecified atom stereocenters. The van der Waals surface area contributed by atoms with Crippen molar-refractivity contribution in [1.82, 2.24) is 15.3 Å². The van der Waals surface area contributed by atoms with Gasteiger partial charge in [0, 0.05) is 18.2 Å². The van der Waals surface area contributed by atoms with Crippen LogP contribution in [0, 0.1) is 0 Å². The molecular formula is C25H32N5O2S+. The SMILES string of the molecule is CC(=O)CCCCC[C@H](NC(=O)Cc1csc2[n+]1CCCN2)c1ncc(-c2ccccc2)[nH]1. The fourth-order valence-corrected chi connectivity index (χ4v) is 5.18. The molecule has 4 rings (SSSR count). The molecule has 2 aromatic heterocycles. The lowest BCUT2D eigenvalue weighted by Crippen LogP contribution is -2.44. The molecule has 1 amide bonds. The highest BCUT2D eigenvalue weighted by molar-refractivity contribution is 7.13. The Labute approximate surface area is 198 Å². The minimum absolute atomic E-state index is 0.0000653. The molecule has 0 bridgehead atoms. The molecule has 3 N–H and O–H groups in total. The van der Waals surface area contributed by atoms with Crippen LogP contribution < -0.4 is 15.2 Å². The second-order valence-electron chi connectivity index (χ2n) is 8.61. The quantitative estimate of drug-likeness (QED) is 0.292. The maximum atomic E-state index is 13.0. The Kier molecular flexibility index (Phi) is 7.88. The first-order valence-electron chi connectivity index (χ1n) is 11.7. The van der Waals surface area contributed by atoms with Crippen molar-refractivity contribution in [3.05, 3.63) is 53.4 Å². The number of H-pyrrole nitrogens is 1. The number of imidazole rings is 1. The van der Waals surface area contributed by atoms with E-state index in [9.17, 15) is 9.59 Å². The molecule has 0 saturated heterocycles. The summed E-state index contributed by atoms with van der Waals surface area (Å²) in [6, 6.07) is 9.87. The Bertz CT molecular complexity index is 1080. The fourth-order valence-electron chi connectivity index (χ4n) is 4.20. The molecule has 0 aliphatic carbocycles. The van der Waals surface area contributed by atoms with Crippen molar-refractivity contribution in [2.45, 2.75) is 64.5 Å². The first-order chi connectivity index (χ1) is 16.1. The number of hydrogen-bond acceptors (Lipinski definition) is 5. The number of unbranched alkanes of at least 4 members (excludes halogenated alkanes) is 2. The van der Waals surface area contributed by atoms with Crippen LogP contribution in [0.3, 0.4) is 0 Å². The summed E-state index contributed by atoms with van der Waals surface area (Å²) in [5.41, 5.74) is 3.05. The molecule has 0 saturated carbocycles. The Morgan fingerprint density at radius 2 is 2.06 bits per heavy atom. The third-order valence-electron chi connectivity index (χ3n) is 5.94. The lowest BCUT2D eigenvalue weighted by Gasteiger charge is -2.17. The third-order valence-corrected chi connectivity index (χ3v) is 6.92. The van der Waals surface area contributed by atoms with Gasteiger partial charge in [0.1, 0.15) is 17.3 Å². The zero-order chi connectivity index (χ0) is 23.0. The van der Waals surface area contributed by atoms with E-state index in [0.717, 1.165) is 73.1 Å². The van der Waals surface area contributed by atoms with E-state index in [1.54, 1.807) is 18.3 Å². The number of aromatic nitrogens is 3. The van der Waals surface area contributed by atoms with E-state index in [4.69, 9.17) is 0 Å². The summed E-state index contributed by atoms with van der Waals surface area (Å²) in [5, 5.41) is 9.82. The normalized spacial score (nSPS) is 13.7. The second kappa shape index (κ2) is 11.2. The van der Waals surface area contributed by atoms with Crippen molar-refractivity contribution in [3.63, 3.8) is 0 Å². The molecule has 33 heavy (non-hydrogen) atoms. The van der Waals surface area contributed by atoms with Gasteiger partial charge in [-0.3, -0.25) is 10.1 Å². The summed E-state index contributed by atoms with van der Waals surface area (Å²) in [5.74, 6) is 1.000. The van der Waals surface area contributed by atoms with Gasteiger partial charge >= 0.3 is 5.13 Å². The Hall–Kier alpha value is -3.00. The van der Waals surface area contributed by atoms with Crippen molar-refractivity contribution in [3.8, 4) is 11.3 Å². The Morgan fingerprint density at radius 1 is 1.21 bits per heavy atom. The van der Waals surface area contributed by atoms with Gasteiger partial charge < -0.3 is 15.1 Å². The van der Waals surface area contributed by atoms with Crippen LogP contribution in [0.1, 0.15) is 63.0 Å². The van der Waals surface area contributed by atoms with E-state index in [0.29, 0.717) is 12.8 Å². The predicted molar refractivity (Wildman–Crippen MR) is 130 cm³/mol. The summed E-state index contributed by atoms with van der Waals surface area (Å²) >= 11 is 1.66. The van der Waals surface area contributed by atoms with Crippen molar-refractivity contribution < 1.29 is 14.2 Å². The van der Waals surface area contributed by atoms with Crippen LogP contribution in [0.5, 0.6) is 0 Å². The number of nitrogens with one attached hydrogen (secondary N) is 3. The van der Waals surface area contributed by atoms with Crippen LogP contribution in [0.15, 0.2) is 41.9 Å². The van der Waals surface area contributed by atoms with Crippen LogP contribution in [-0.2, 0) is 22.6 Å². The number of fused-ring (bicyclic) bond motifs is 1. The number of aromatic amines is 1. The molecule has 0 spiro atoms. The van der Waals surface area contributed by atoms with Gasteiger partial charge in [0.15, 0.2) is 0 Å². The fraction of sp³-hybridized carbons (Fsp3) is 0.440. The highest BCUT2D eigenvalue weighted by atomic mass is 32.1. The first-order valence-corrected chi connectivity index (χ1v) is 12.6. The number of anilines is 1. The van der Waals surface area contributed by atoms with Gasteiger partial charge in [-0.25, -0.2) is 9.55 Å². The number of nitrogens with zero attached hydrogens (tertiary/aromatic N) is 2. The molecule has 8 heteroatoms. The van der Waals surface area contributed by atoms with E-state index in [1.165, 1.54) is 0 Å². The number of amides is 1. The smallest absolute Gasteiger partial charge is 0.333 e.